The van der Waals surface area contributed by atoms with E-state index < -0.39 is 10.0 Å². The number of ether oxygens (including phenoxy) is 1. The number of benzene rings is 1. The summed E-state index contributed by atoms with van der Waals surface area (Å²) < 4.78 is 31.4. The lowest BCUT2D eigenvalue weighted by molar-refractivity contribution is 0.412. The number of nitrogens with one attached hydrogen (secondary N) is 1. The molecule has 17 heavy (non-hydrogen) atoms. The Morgan fingerprint density at radius 2 is 2.18 bits per heavy atom. The summed E-state index contributed by atoms with van der Waals surface area (Å²) in [5, 5.41) is 0. The first kappa shape index (κ1) is 14.3. The SMILES string of the molecule is COc1ccc(NS(=O)(=O)CCCN)cc1Br. The molecule has 1 aromatic carbocycles. The summed E-state index contributed by atoms with van der Waals surface area (Å²) in [5.74, 6) is 0.669. The smallest absolute Gasteiger partial charge is 0.232 e. The number of anilines is 1. The van der Waals surface area contributed by atoms with Crippen molar-refractivity contribution in [2.24, 2.45) is 5.73 Å². The monoisotopic (exact) mass is 322 g/mol. The topological polar surface area (TPSA) is 81.4 Å². The fourth-order valence-corrected chi connectivity index (χ4v) is 2.91. The maximum Gasteiger partial charge on any atom is 0.232 e. The standard InChI is InChI=1S/C10H15BrN2O3S/c1-16-10-4-3-8(7-9(10)11)13-17(14,15)6-2-5-12/h3-4,7,13H,2,5-6,12H2,1H3. The van der Waals surface area contributed by atoms with Gasteiger partial charge >= 0.3 is 0 Å². The molecule has 1 rings (SSSR count). The van der Waals surface area contributed by atoms with Crippen LogP contribution in [-0.2, 0) is 10.0 Å². The normalized spacial score (nSPS) is 11.2. The average molecular weight is 323 g/mol. The molecule has 0 spiro atoms. The van der Waals surface area contributed by atoms with Crippen LogP contribution in [0, 0.1) is 0 Å². The maximum absolute atomic E-state index is 11.6. The Morgan fingerprint density at radius 3 is 2.71 bits per heavy atom. The van der Waals surface area contributed by atoms with Crippen LogP contribution < -0.4 is 15.2 Å². The number of nitrogens with two attached hydrogens (primary N) is 1. The van der Waals surface area contributed by atoms with Gasteiger partial charge in [0.05, 0.1) is 17.3 Å². The zero-order valence-electron chi connectivity index (χ0n) is 9.44. The first-order chi connectivity index (χ1) is 7.98. The van der Waals surface area contributed by atoms with Gasteiger partial charge in [0.2, 0.25) is 10.0 Å². The molecule has 0 amide bonds. The number of methoxy groups -OCH3 is 1. The van der Waals surface area contributed by atoms with Crippen LogP contribution in [0.4, 0.5) is 5.69 Å². The number of hydrogen-bond donors (Lipinski definition) is 2. The Labute approximate surface area is 110 Å². The van der Waals surface area contributed by atoms with Gasteiger partial charge in [-0.1, -0.05) is 0 Å². The quantitative estimate of drug-likeness (QED) is 0.832. The van der Waals surface area contributed by atoms with Crippen molar-refractivity contribution in [1.82, 2.24) is 0 Å². The summed E-state index contributed by atoms with van der Waals surface area (Å²) >= 11 is 3.29. The van der Waals surface area contributed by atoms with Crippen molar-refractivity contribution in [3.63, 3.8) is 0 Å². The molecule has 0 unspecified atom stereocenters. The minimum absolute atomic E-state index is 0.0210. The summed E-state index contributed by atoms with van der Waals surface area (Å²) in [4.78, 5) is 0. The van der Waals surface area contributed by atoms with Gasteiger partial charge in [0, 0.05) is 5.69 Å². The fourth-order valence-electron chi connectivity index (χ4n) is 1.23. The molecular weight excluding hydrogens is 308 g/mol. The molecule has 0 bridgehead atoms. The Bertz CT molecular complexity index is 476. The molecule has 7 heteroatoms. The second kappa shape index (κ2) is 6.23. The van der Waals surface area contributed by atoms with Gasteiger partial charge in [0.15, 0.2) is 0 Å². The predicted octanol–water partition coefficient (Wildman–Crippen LogP) is 1.55. The van der Waals surface area contributed by atoms with E-state index in [1.165, 1.54) is 0 Å². The lowest BCUT2D eigenvalue weighted by atomic mass is 10.3. The van der Waals surface area contributed by atoms with Crippen molar-refractivity contribution < 1.29 is 13.2 Å². The minimum atomic E-state index is -3.32. The van der Waals surface area contributed by atoms with Crippen LogP contribution in [0.3, 0.4) is 0 Å². The molecule has 1 aromatic rings. The lowest BCUT2D eigenvalue weighted by Crippen LogP contribution is -2.18. The highest BCUT2D eigenvalue weighted by molar-refractivity contribution is 9.10. The van der Waals surface area contributed by atoms with Crippen LogP contribution in [-0.4, -0.2) is 27.8 Å². The highest BCUT2D eigenvalue weighted by Crippen LogP contribution is 2.28. The molecule has 0 atom stereocenters. The van der Waals surface area contributed by atoms with Crippen molar-refractivity contribution >= 4 is 31.6 Å². The van der Waals surface area contributed by atoms with Gasteiger partial charge in [-0.15, -0.1) is 0 Å². The molecule has 0 fully saturated rings. The summed E-state index contributed by atoms with van der Waals surface area (Å²) in [5.41, 5.74) is 5.77. The first-order valence-electron chi connectivity index (χ1n) is 5.02. The van der Waals surface area contributed by atoms with E-state index in [4.69, 9.17) is 10.5 Å². The predicted molar refractivity (Wildman–Crippen MR) is 71.8 cm³/mol. The number of sulfonamides is 1. The fraction of sp³-hybridized carbons (Fsp3) is 0.400. The highest BCUT2D eigenvalue weighted by atomic mass is 79.9. The van der Waals surface area contributed by atoms with E-state index in [2.05, 4.69) is 20.7 Å². The third-order valence-corrected chi connectivity index (χ3v) is 4.03. The highest BCUT2D eigenvalue weighted by Gasteiger charge is 2.10. The van der Waals surface area contributed by atoms with Gasteiger partial charge in [0.25, 0.3) is 0 Å². The molecule has 0 aliphatic carbocycles. The van der Waals surface area contributed by atoms with E-state index in [9.17, 15) is 8.42 Å². The minimum Gasteiger partial charge on any atom is -0.496 e. The van der Waals surface area contributed by atoms with Crippen LogP contribution in [0.2, 0.25) is 0 Å². The summed E-state index contributed by atoms with van der Waals surface area (Å²) in [6, 6.07) is 4.98. The molecule has 0 radical (unpaired) electrons. The molecule has 0 saturated carbocycles. The Hall–Kier alpha value is -0.790. The molecule has 0 saturated heterocycles. The zero-order chi connectivity index (χ0) is 12.9. The zero-order valence-corrected chi connectivity index (χ0v) is 11.8. The van der Waals surface area contributed by atoms with E-state index in [0.717, 1.165) is 0 Å². The Balaban J connectivity index is 2.78. The van der Waals surface area contributed by atoms with Crippen molar-refractivity contribution in [2.45, 2.75) is 6.42 Å². The third-order valence-electron chi connectivity index (χ3n) is 2.04. The number of rotatable bonds is 6. The van der Waals surface area contributed by atoms with Crippen LogP contribution in [0.15, 0.2) is 22.7 Å². The molecule has 3 N–H and O–H groups in total. The number of halogens is 1. The molecule has 0 aromatic heterocycles. The van der Waals surface area contributed by atoms with Crippen molar-refractivity contribution in [3.8, 4) is 5.75 Å². The third kappa shape index (κ3) is 4.53. The van der Waals surface area contributed by atoms with E-state index in [1.807, 2.05) is 0 Å². The molecule has 0 heterocycles. The van der Waals surface area contributed by atoms with Crippen LogP contribution >= 0.6 is 15.9 Å². The van der Waals surface area contributed by atoms with Crippen LogP contribution in [0.1, 0.15) is 6.42 Å². The van der Waals surface area contributed by atoms with Gasteiger partial charge in [-0.3, -0.25) is 4.72 Å². The number of hydrogen-bond acceptors (Lipinski definition) is 4. The maximum atomic E-state index is 11.6. The van der Waals surface area contributed by atoms with Gasteiger partial charge in [-0.2, -0.15) is 0 Å². The molecule has 5 nitrogen and oxygen atoms in total. The summed E-state index contributed by atoms with van der Waals surface area (Å²) in [7, 11) is -1.78. The van der Waals surface area contributed by atoms with E-state index in [-0.39, 0.29) is 5.75 Å². The van der Waals surface area contributed by atoms with Gasteiger partial charge in [-0.05, 0) is 47.1 Å². The van der Waals surface area contributed by atoms with E-state index in [1.54, 1.807) is 25.3 Å². The van der Waals surface area contributed by atoms with Crippen molar-refractivity contribution in [1.29, 1.82) is 0 Å². The van der Waals surface area contributed by atoms with Gasteiger partial charge in [-0.25, -0.2) is 8.42 Å². The Morgan fingerprint density at radius 1 is 1.47 bits per heavy atom. The Kier molecular flexibility index (Phi) is 5.23. The lowest BCUT2D eigenvalue weighted by Gasteiger charge is -2.09. The average Bonchev–Trinajstić information content (AvgIpc) is 2.26. The summed E-state index contributed by atoms with van der Waals surface area (Å²) in [6.07, 6.45) is 0.437. The molecule has 0 aliphatic heterocycles. The van der Waals surface area contributed by atoms with Crippen molar-refractivity contribution in [2.75, 3.05) is 24.1 Å². The van der Waals surface area contributed by atoms with Gasteiger partial charge < -0.3 is 10.5 Å². The van der Waals surface area contributed by atoms with Crippen LogP contribution in [0.5, 0.6) is 5.75 Å². The van der Waals surface area contributed by atoms with Gasteiger partial charge in [0.1, 0.15) is 5.75 Å². The first-order valence-corrected chi connectivity index (χ1v) is 7.47. The second-order valence-electron chi connectivity index (χ2n) is 3.41. The molecule has 0 aliphatic rings. The largest absolute Gasteiger partial charge is 0.496 e. The van der Waals surface area contributed by atoms with E-state index >= 15 is 0 Å². The second-order valence-corrected chi connectivity index (χ2v) is 6.11. The van der Waals surface area contributed by atoms with E-state index in [0.29, 0.717) is 28.9 Å². The van der Waals surface area contributed by atoms with Crippen molar-refractivity contribution in [3.05, 3.63) is 22.7 Å². The summed E-state index contributed by atoms with van der Waals surface area (Å²) in [6.45, 7) is 0.354. The molecular formula is C10H15BrN2O3S. The molecule has 96 valence electrons. The van der Waals surface area contributed by atoms with Crippen LogP contribution in [0.25, 0.3) is 0 Å².